The van der Waals surface area contributed by atoms with Crippen molar-refractivity contribution in [2.75, 3.05) is 0 Å². The third-order valence-corrected chi connectivity index (χ3v) is 9.34. The molecule has 45 heavy (non-hydrogen) atoms. The van der Waals surface area contributed by atoms with Crippen LogP contribution in [0.15, 0.2) is 24.3 Å². The van der Waals surface area contributed by atoms with Crippen molar-refractivity contribution in [1.29, 1.82) is 0 Å². The van der Waals surface area contributed by atoms with Gasteiger partial charge in [0.15, 0.2) is 0 Å². The van der Waals surface area contributed by atoms with E-state index in [1.165, 1.54) is 5.56 Å². The van der Waals surface area contributed by atoms with E-state index in [1.807, 2.05) is 6.92 Å². The molecule has 0 unspecified atom stereocenters. The van der Waals surface area contributed by atoms with Crippen LogP contribution in [-0.2, 0) is 39.9 Å². The zero-order chi connectivity index (χ0) is 34.8. The number of benzene rings is 3. The lowest BCUT2D eigenvalue weighted by atomic mass is 9.74. The van der Waals surface area contributed by atoms with E-state index in [9.17, 15) is 15.3 Å². The molecule has 248 valence electrons. The average molecular weight is 615 g/mol. The smallest absolute Gasteiger partial charge is 0.123 e. The van der Waals surface area contributed by atoms with Crippen LogP contribution in [0.4, 0.5) is 0 Å². The van der Waals surface area contributed by atoms with E-state index in [0.29, 0.717) is 30.1 Å². The van der Waals surface area contributed by atoms with Crippen LogP contribution in [0, 0.1) is 13.8 Å². The maximum atomic E-state index is 11.9. The van der Waals surface area contributed by atoms with Crippen molar-refractivity contribution in [3.63, 3.8) is 0 Å². The first kappa shape index (κ1) is 36.5. The maximum absolute atomic E-state index is 11.9. The molecule has 0 heterocycles. The minimum atomic E-state index is -0.276. The Bertz CT molecular complexity index is 1510. The third kappa shape index (κ3) is 7.55. The first-order valence-corrected chi connectivity index (χ1v) is 16.6. The monoisotopic (exact) mass is 614 g/mol. The van der Waals surface area contributed by atoms with Gasteiger partial charge in [-0.1, -0.05) is 128 Å². The van der Waals surface area contributed by atoms with Crippen molar-refractivity contribution >= 4 is 0 Å². The lowest BCUT2D eigenvalue weighted by Crippen LogP contribution is -2.20. The second kappa shape index (κ2) is 11.7. The third-order valence-electron chi connectivity index (χ3n) is 9.34. The number of hydrogen-bond donors (Lipinski definition) is 3. The minimum absolute atomic E-state index is 0.220. The highest BCUT2D eigenvalue weighted by atomic mass is 16.3. The van der Waals surface area contributed by atoms with Gasteiger partial charge in [-0.25, -0.2) is 0 Å². The summed E-state index contributed by atoms with van der Waals surface area (Å²) in [6.07, 6.45) is 1.31. The first-order valence-electron chi connectivity index (χ1n) is 16.6. The molecular weight excluding hydrogens is 552 g/mol. The van der Waals surface area contributed by atoms with Gasteiger partial charge in [-0.2, -0.15) is 0 Å². The standard InChI is InChI=1S/C42H62O3/c1-24-28(18-26-20-30(38(3,4)5)36(44)31(21-26)39(6,7)8)25(2)35(43)34(42(15,16)17)29(24)19-27-22-32(40(9,10)11)37(45)33(23-27)41(12,13)14/h20-23,43-45H,18-19H2,1-17H3. The molecule has 0 spiro atoms. The maximum Gasteiger partial charge on any atom is 0.123 e. The molecule has 0 aliphatic heterocycles. The molecule has 3 heteroatoms. The Kier molecular flexibility index (Phi) is 9.49. The molecule has 0 amide bonds. The summed E-state index contributed by atoms with van der Waals surface area (Å²) in [7, 11) is 0. The Balaban J connectivity index is 2.37. The largest absolute Gasteiger partial charge is 0.507 e. The summed E-state index contributed by atoms with van der Waals surface area (Å²) in [6, 6.07) is 8.64. The van der Waals surface area contributed by atoms with Crippen molar-refractivity contribution in [2.24, 2.45) is 0 Å². The molecular formula is C42H62O3. The highest BCUT2D eigenvalue weighted by Gasteiger charge is 2.31. The van der Waals surface area contributed by atoms with Gasteiger partial charge in [0.05, 0.1) is 0 Å². The van der Waals surface area contributed by atoms with Crippen LogP contribution < -0.4 is 0 Å². The molecule has 0 saturated carbocycles. The van der Waals surface area contributed by atoms with Crippen molar-refractivity contribution in [2.45, 2.75) is 158 Å². The molecule has 3 nitrogen and oxygen atoms in total. The molecule has 3 N–H and O–H groups in total. The molecule has 3 aromatic carbocycles. The van der Waals surface area contributed by atoms with Crippen molar-refractivity contribution in [3.05, 3.63) is 85.5 Å². The summed E-state index contributed by atoms with van der Waals surface area (Å²) >= 11 is 0. The predicted molar refractivity (Wildman–Crippen MR) is 193 cm³/mol. The van der Waals surface area contributed by atoms with E-state index < -0.39 is 0 Å². The fourth-order valence-corrected chi connectivity index (χ4v) is 6.71. The van der Waals surface area contributed by atoms with Crippen molar-refractivity contribution < 1.29 is 15.3 Å². The zero-order valence-corrected chi connectivity index (χ0v) is 31.6. The molecule has 0 aromatic heterocycles. The molecule has 3 aromatic rings. The van der Waals surface area contributed by atoms with Gasteiger partial charge in [0.1, 0.15) is 17.2 Å². The van der Waals surface area contributed by atoms with E-state index in [1.54, 1.807) is 0 Å². The molecule has 0 saturated heterocycles. The molecule has 0 aliphatic rings. The Morgan fingerprint density at radius 1 is 0.400 bits per heavy atom. The summed E-state index contributed by atoms with van der Waals surface area (Å²) in [5.41, 5.74) is 10.3. The van der Waals surface area contributed by atoms with Gasteiger partial charge in [-0.15, -0.1) is 0 Å². The second-order valence-corrected chi connectivity index (χ2v) is 18.6. The van der Waals surface area contributed by atoms with Gasteiger partial charge in [0, 0.05) is 5.56 Å². The Labute approximate surface area is 275 Å². The molecule has 0 radical (unpaired) electrons. The lowest BCUT2D eigenvalue weighted by molar-refractivity contribution is 0.422. The molecule has 0 fully saturated rings. The van der Waals surface area contributed by atoms with Crippen LogP contribution in [0.1, 0.15) is 165 Å². The van der Waals surface area contributed by atoms with E-state index in [-0.39, 0.29) is 27.1 Å². The number of rotatable bonds is 4. The van der Waals surface area contributed by atoms with Gasteiger partial charge in [-0.3, -0.25) is 0 Å². The van der Waals surface area contributed by atoms with Crippen LogP contribution in [-0.4, -0.2) is 15.3 Å². The van der Waals surface area contributed by atoms with Crippen LogP contribution >= 0.6 is 0 Å². The number of aromatic hydroxyl groups is 3. The number of phenols is 3. The fourth-order valence-electron chi connectivity index (χ4n) is 6.71. The minimum Gasteiger partial charge on any atom is -0.507 e. The lowest BCUT2D eigenvalue weighted by Gasteiger charge is -2.31. The highest BCUT2D eigenvalue weighted by Crippen LogP contribution is 2.45. The normalized spacial score (nSPS) is 13.4. The molecule has 0 atom stereocenters. The number of phenolic OH excluding ortho intramolecular Hbond substituents is 3. The number of hydrogen-bond acceptors (Lipinski definition) is 3. The van der Waals surface area contributed by atoms with Crippen LogP contribution in [0.25, 0.3) is 0 Å². The Morgan fingerprint density at radius 2 is 0.689 bits per heavy atom. The summed E-state index contributed by atoms with van der Waals surface area (Å²) in [5, 5.41) is 34.7. The Morgan fingerprint density at radius 3 is 0.956 bits per heavy atom. The first-order chi connectivity index (χ1) is 20.1. The van der Waals surface area contributed by atoms with Gasteiger partial charge in [0.2, 0.25) is 0 Å². The molecule has 0 aliphatic carbocycles. The summed E-state index contributed by atoms with van der Waals surface area (Å²) < 4.78 is 0. The van der Waals surface area contributed by atoms with E-state index >= 15 is 0 Å². The van der Waals surface area contributed by atoms with Crippen molar-refractivity contribution in [3.8, 4) is 17.2 Å². The van der Waals surface area contributed by atoms with Crippen LogP contribution in [0.5, 0.6) is 17.2 Å². The van der Waals surface area contributed by atoms with Gasteiger partial charge >= 0.3 is 0 Å². The van der Waals surface area contributed by atoms with E-state index in [0.717, 1.165) is 55.6 Å². The van der Waals surface area contributed by atoms with E-state index in [2.05, 4.69) is 135 Å². The fraction of sp³-hybridized carbons (Fsp3) is 0.571. The zero-order valence-electron chi connectivity index (χ0n) is 31.6. The van der Waals surface area contributed by atoms with Gasteiger partial charge in [-0.05, 0) is 109 Å². The van der Waals surface area contributed by atoms with Gasteiger partial charge in [0.25, 0.3) is 0 Å². The van der Waals surface area contributed by atoms with Gasteiger partial charge < -0.3 is 15.3 Å². The van der Waals surface area contributed by atoms with Crippen LogP contribution in [0.2, 0.25) is 0 Å². The topological polar surface area (TPSA) is 60.7 Å². The van der Waals surface area contributed by atoms with Crippen LogP contribution in [0.3, 0.4) is 0 Å². The average Bonchev–Trinajstić information content (AvgIpc) is 2.83. The Hall–Kier alpha value is -2.94. The highest BCUT2D eigenvalue weighted by molar-refractivity contribution is 5.61. The molecule has 0 bridgehead atoms. The predicted octanol–water partition coefficient (Wildman–Crippen LogP) is 11.1. The molecule has 3 rings (SSSR count). The second-order valence-electron chi connectivity index (χ2n) is 18.6. The quantitative estimate of drug-likeness (QED) is 0.274. The van der Waals surface area contributed by atoms with E-state index in [4.69, 9.17) is 0 Å². The summed E-state index contributed by atoms with van der Waals surface area (Å²) in [5.74, 6) is 1.14. The van der Waals surface area contributed by atoms with Crippen molar-refractivity contribution in [1.82, 2.24) is 0 Å². The summed E-state index contributed by atoms with van der Waals surface area (Å²) in [4.78, 5) is 0. The SMILES string of the molecule is Cc1c(O)c(C(C)(C)C)c(Cc2cc(C(C)(C)C)c(O)c(C(C)(C)C)c2)c(C)c1Cc1cc(C(C)(C)C)c(O)c(C(C)(C)C)c1. The summed E-state index contributed by atoms with van der Waals surface area (Å²) in [6.45, 7) is 36.5.